The molecule has 7 heteroatoms. The summed E-state index contributed by atoms with van der Waals surface area (Å²) in [5.74, 6) is 2.31. The van der Waals surface area contributed by atoms with E-state index in [1.54, 1.807) is 6.20 Å². The Morgan fingerprint density at radius 3 is 2.88 bits per heavy atom. The third-order valence-corrected chi connectivity index (χ3v) is 6.59. The van der Waals surface area contributed by atoms with Crippen LogP contribution >= 0.6 is 23.5 Å². The summed E-state index contributed by atoms with van der Waals surface area (Å²) in [7, 11) is 0. The van der Waals surface area contributed by atoms with Gasteiger partial charge in [0.2, 0.25) is 0 Å². The summed E-state index contributed by atoms with van der Waals surface area (Å²) in [4.78, 5) is 19.5. The minimum absolute atomic E-state index is 0.0155. The molecule has 1 amide bonds. The lowest BCUT2D eigenvalue weighted by atomic mass is 9.89. The van der Waals surface area contributed by atoms with Crippen molar-refractivity contribution in [2.45, 2.75) is 23.4 Å². The molecule has 2 saturated heterocycles. The molecule has 0 aromatic carbocycles. The van der Waals surface area contributed by atoms with E-state index in [2.05, 4.69) is 15.2 Å². The van der Waals surface area contributed by atoms with Gasteiger partial charge in [0.25, 0.3) is 5.91 Å². The van der Waals surface area contributed by atoms with Gasteiger partial charge >= 0.3 is 0 Å². The van der Waals surface area contributed by atoms with Crippen LogP contribution in [0.25, 0.3) is 0 Å². The summed E-state index contributed by atoms with van der Waals surface area (Å²) in [6.07, 6.45) is 5.93. The Bertz CT molecular complexity index is 559. The Hall–Kier alpha value is -0.760. The van der Waals surface area contributed by atoms with Gasteiger partial charge in [-0.3, -0.25) is 9.69 Å². The van der Waals surface area contributed by atoms with Crippen molar-refractivity contribution >= 4 is 29.4 Å². The quantitative estimate of drug-likeness (QED) is 0.805. The number of carbonyl (C=O) groups is 1. The zero-order valence-electron chi connectivity index (χ0n) is 14.1. The van der Waals surface area contributed by atoms with Crippen molar-refractivity contribution in [3.05, 3.63) is 23.9 Å². The second kappa shape index (κ2) is 8.56. The Morgan fingerprint density at radius 1 is 1.42 bits per heavy atom. The fourth-order valence-electron chi connectivity index (χ4n) is 3.46. The number of carbonyl (C=O) groups excluding carboxylic acids is 1. The maximum Gasteiger partial charge on any atom is 0.254 e. The monoisotopic (exact) mass is 367 g/mol. The van der Waals surface area contributed by atoms with E-state index in [0.29, 0.717) is 12.1 Å². The van der Waals surface area contributed by atoms with Crippen molar-refractivity contribution in [1.29, 1.82) is 0 Å². The molecule has 2 aliphatic rings. The zero-order valence-corrected chi connectivity index (χ0v) is 15.8. The molecule has 0 atom stereocenters. The van der Waals surface area contributed by atoms with Crippen LogP contribution < -0.4 is 5.32 Å². The molecule has 24 heavy (non-hydrogen) atoms. The first-order valence-electron chi connectivity index (χ1n) is 8.43. The van der Waals surface area contributed by atoms with E-state index in [-0.39, 0.29) is 11.4 Å². The number of ether oxygens (including phenoxy) is 1. The van der Waals surface area contributed by atoms with Crippen LogP contribution in [-0.2, 0) is 4.74 Å². The van der Waals surface area contributed by atoms with Gasteiger partial charge in [-0.15, -0.1) is 11.8 Å². The maximum atomic E-state index is 12.7. The van der Waals surface area contributed by atoms with Gasteiger partial charge < -0.3 is 10.1 Å². The first-order chi connectivity index (χ1) is 11.7. The van der Waals surface area contributed by atoms with Crippen molar-refractivity contribution < 1.29 is 9.53 Å². The van der Waals surface area contributed by atoms with Crippen molar-refractivity contribution in [3.63, 3.8) is 0 Å². The fourth-order valence-corrected chi connectivity index (χ4v) is 5.26. The van der Waals surface area contributed by atoms with E-state index in [1.165, 1.54) is 11.8 Å². The van der Waals surface area contributed by atoms with E-state index in [1.807, 2.05) is 30.2 Å². The summed E-state index contributed by atoms with van der Waals surface area (Å²) >= 11 is 3.52. The molecule has 0 radical (unpaired) electrons. The predicted molar refractivity (Wildman–Crippen MR) is 100 cm³/mol. The minimum atomic E-state index is -0.0155. The molecule has 0 bridgehead atoms. The average Bonchev–Trinajstić information content (AvgIpc) is 2.67. The third-order valence-electron chi connectivity index (χ3n) is 4.89. The highest BCUT2D eigenvalue weighted by Gasteiger charge is 2.39. The van der Waals surface area contributed by atoms with Crippen LogP contribution in [-0.4, -0.2) is 71.9 Å². The van der Waals surface area contributed by atoms with Gasteiger partial charge in [0.1, 0.15) is 5.03 Å². The van der Waals surface area contributed by atoms with Gasteiger partial charge in [-0.25, -0.2) is 4.98 Å². The van der Waals surface area contributed by atoms with E-state index in [4.69, 9.17) is 4.74 Å². The van der Waals surface area contributed by atoms with Crippen molar-refractivity contribution in [2.75, 3.05) is 50.6 Å². The number of hydrogen-bond acceptors (Lipinski definition) is 6. The zero-order chi connectivity index (χ0) is 16.8. The number of amides is 1. The highest BCUT2D eigenvalue weighted by molar-refractivity contribution is 7.99. The molecule has 0 unspecified atom stereocenters. The summed E-state index contributed by atoms with van der Waals surface area (Å²) in [6, 6.07) is 3.68. The van der Waals surface area contributed by atoms with Gasteiger partial charge in [0.05, 0.1) is 18.8 Å². The third kappa shape index (κ3) is 4.07. The molecule has 0 spiro atoms. The second-order valence-corrected chi connectivity index (χ2v) is 8.20. The summed E-state index contributed by atoms with van der Waals surface area (Å²) < 4.78 is 5.52. The van der Waals surface area contributed by atoms with E-state index in [0.717, 1.165) is 55.7 Å². The number of pyridine rings is 1. The van der Waals surface area contributed by atoms with Crippen LogP contribution in [0, 0.1) is 0 Å². The second-order valence-electron chi connectivity index (χ2n) is 6.18. The molecule has 1 aromatic heterocycles. The number of aromatic nitrogens is 1. The Kier molecular flexibility index (Phi) is 6.43. The van der Waals surface area contributed by atoms with Crippen LogP contribution in [0.1, 0.15) is 23.2 Å². The number of morpholine rings is 1. The topological polar surface area (TPSA) is 54.5 Å². The molecule has 1 aromatic rings. The van der Waals surface area contributed by atoms with Crippen LogP contribution in [0.3, 0.4) is 0 Å². The molecule has 5 nitrogen and oxygen atoms in total. The van der Waals surface area contributed by atoms with E-state index < -0.39 is 0 Å². The lowest BCUT2D eigenvalue weighted by molar-refractivity contribution is -0.0255. The molecular weight excluding hydrogens is 342 g/mol. The number of thioether (sulfide) groups is 2. The SMILES string of the molecule is CSc1ncccc1C(=O)NCC1(N2CCOCC2)CCSCC1. The number of hydrogen-bond donors (Lipinski definition) is 1. The van der Waals surface area contributed by atoms with Gasteiger partial charge in [0, 0.05) is 31.4 Å². The molecule has 3 heterocycles. The largest absolute Gasteiger partial charge is 0.379 e. The highest BCUT2D eigenvalue weighted by atomic mass is 32.2. The van der Waals surface area contributed by atoms with Crippen LogP contribution in [0.5, 0.6) is 0 Å². The lowest BCUT2D eigenvalue weighted by Crippen LogP contribution is -2.60. The summed E-state index contributed by atoms with van der Waals surface area (Å²) in [5, 5.41) is 3.98. The Labute approximate surface area is 152 Å². The van der Waals surface area contributed by atoms with Crippen LogP contribution in [0.2, 0.25) is 0 Å². The molecule has 2 fully saturated rings. The highest BCUT2D eigenvalue weighted by Crippen LogP contribution is 2.33. The first kappa shape index (κ1) is 18.0. The van der Waals surface area contributed by atoms with Crippen molar-refractivity contribution in [2.24, 2.45) is 0 Å². The van der Waals surface area contributed by atoms with Crippen LogP contribution in [0.15, 0.2) is 23.4 Å². The van der Waals surface area contributed by atoms with E-state index in [9.17, 15) is 4.79 Å². The normalized spacial score (nSPS) is 21.4. The number of nitrogens with zero attached hydrogens (tertiary/aromatic N) is 2. The number of rotatable bonds is 5. The molecule has 0 saturated carbocycles. The summed E-state index contributed by atoms with van der Waals surface area (Å²) in [5.41, 5.74) is 0.749. The lowest BCUT2D eigenvalue weighted by Gasteiger charge is -2.48. The Morgan fingerprint density at radius 2 is 2.17 bits per heavy atom. The molecular formula is C17H25N3O2S2. The number of nitrogens with one attached hydrogen (secondary N) is 1. The van der Waals surface area contributed by atoms with Crippen LogP contribution in [0.4, 0.5) is 0 Å². The van der Waals surface area contributed by atoms with Crippen molar-refractivity contribution in [3.8, 4) is 0 Å². The van der Waals surface area contributed by atoms with Gasteiger partial charge in [-0.2, -0.15) is 11.8 Å². The van der Waals surface area contributed by atoms with Gasteiger partial charge in [-0.1, -0.05) is 0 Å². The standard InChI is InChI=1S/C17H25N3O2S2/c1-23-16-14(3-2-6-18-16)15(21)19-13-17(4-11-24-12-5-17)20-7-9-22-10-8-20/h2-3,6H,4-5,7-13H2,1H3,(H,19,21). The minimum Gasteiger partial charge on any atom is -0.379 e. The van der Waals surface area contributed by atoms with E-state index >= 15 is 0 Å². The Balaban J connectivity index is 1.70. The molecule has 1 N–H and O–H groups in total. The molecule has 132 valence electrons. The van der Waals surface area contributed by atoms with Crippen molar-refractivity contribution in [1.82, 2.24) is 15.2 Å². The predicted octanol–water partition coefficient (Wildman–Crippen LogP) is 2.13. The molecule has 0 aliphatic carbocycles. The van der Waals surface area contributed by atoms with Gasteiger partial charge in [0.15, 0.2) is 0 Å². The molecule has 3 rings (SSSR count). The molecule has 2 aliphatic heterocycles. The maximum absolute atomic E-state index is 12.7. The van der Waals surface area contributed by atoms with Gasteiger partial charge in [-0.05, 0) is 42.7 Å². The average molecular weight is 368 g/mol. The fraction of sp³-hybridized carbons (Fsp3) is 0.647. The summed E-state index contributed by atoms with van der Waals surface area (Å²) in [6.45, 7) is 4.21. The first-order valence-corrected chi connectivity index (χ1v) is 10.8. The smallest absolute Gasteiger partial charge is 0.254 e.